The Kier molecular flexibility index (Phi) is 3.62. The lowest BCUT2D eigenvalue weighted by atomic mass is 10.2. The zero-order valence-corrected chi connectivity index (χ0v) is 8.34. The molecule has 0 fully saturated rings. The van der Waals surface area contributed by atoms with Crippen molar-refractivity contribution in [2.24, 2.45) is 12.8 Å². The van der Waals surface area contributed by atoms with Crippen LogP contribution in [0.15, 0.2) is 12.4 Å². The summed E-state index contributed by atoms with van der Waals surface area (Å²) in [5.74, 6) is 2.07. The Morgan fingerprint density at radius 2 is 2.50 bits per heavy atom. The lowest BCUT2D eigenvalue weighted by Crippen LogP contribution is -2.15. The van der Waals surface area contributed by atoms with Crippen LogP contribution in [0.2, 0.25) is 0 Å². The van der Waals surface area contributed by atoms with Crippen molar-refractivity contribution in [2.45, 2.75) is 12.5 Å². The van der Waals surface area contributed by atoms with Gasteiger partial charge in [-0.1, -0.05) is 0 Å². The van der Waals surface area contributed by atoms with Gasteiger partial charge in [-0.05, 0) is 18.4 Å². The van der Waals surface area contributed by atoms with E-state index in [1.54, 1.807) is 6.20 Å². The van der Waals surface area contributed by atoms with Gasteiger partial charge in [0.2, 0.25) is 0 Å². The zero-order chi connectivity index (χ0) is 8.97. The summed E-state index contributed by atoms with van der Waals surface area (Å²) in [6.07, 6.45) is 6.79. The van der Waals surface area contributed by atoms with Gasteiger partial charge in [-0.25, -0.2) is 4.98 Å². The zero-order valence-electron chi connectivity index (χ0n) is 7.53. The van der Waals surface area contributed by atoms with Crippen molar-refractivity contribution in [3.63, 3.8) is 0 Å². The van der Waals surface area contributed by atoms with Gasteiger partial charge < -0.3 is 10.3 Å². The van der Waals surface area contributed by atoms with Gasteiger partial charge in [0.05, 0.1) is 6.04 Å². The number of aromatic nitrogens is 2. The van der Waals surface area contributed by atoms with E-state index in [9.17, 15) is 0 Å². The monoisotopic (exact) mass is 185 g/mol. The van der Waals surface area contributed by atoms with Crippen molar-refractivity contribution in [1.82, 2.24) is 9.55 Å². The van der Waals surface area contributed by atoms with Gasteiger partial charge in [0.25, 0.3) is 0 Å². The average molecular weight is 185 g/mol. The highest BCUT2D eigenvalue weighted by atomic mass is 32.2. The van der Waals surface area contributed by atoms with E-state index in [2.05, 4.69) is 11.2 Å². The smallest absolute Gasteiger partial charge is 0.125 e. The fourth-order valence-electron chi connectivity index (χ4n) is 1.11. The quantitative estimate of drug-likeness (QED) is 0.766. The third-order valence-corrected chi connectivity index (χ3v) is 2.47. The standard InChI is InChI=1S/C8H15N3S/c1-11-5-4-10-8(11)7(9)3-6-12-2/h4-5,7H,3,6,9H2,1-2H3. The Morgan fingerprint density at radius 1 is 1.75 bits per heavy atom. The molecule has 1 heterocycles. The van der Waals surface area contributed by atoms with Gasteiger partial charge in [-0.15, -0.1) is 0 Å². The molecule has 1 aromatic rings. The van der Waals surface area contributed by atoms with Crippen LogP contribution in [-0.4, -0.2) is 21.6 Å². The summed E-state index contributed by atoms with van der Waals surface area (Å²) in [5.41, 5.74) is 5.93. The number of imidazole rings is 1. The van der Waals surface area contributed by atoms with Crippen LogP contribution < -0.4 is 5.73 Å². The van der Waals surface area contributed by atoms with Crippen molar-refractivity contribution in [3.8, 4) is 0 Å². The summed E-state index contributed by atoms with van der Waals surface area (Å²) in [6.45, 7) is 0. The van der Waals surface area contributed by atoms with Gasteiger partial charge in [-0.2, -0.15) is 11.8 Å². The molecule has 0 spiro atoms. The normalized spacial score (nSPS) is 13.2. The number of aryl methyl sites for hydroxylation is 1. The van der Waals surface area contributed by atoms with Crippen molar-refractivity contribution < 1.29 is 0 Å². The maximum absolute atomic E-state index is 5.93. The van der Waals surface area contributed by atoms with Gasteiger partial charge in [0.15, 0.2) is 0 Å². The first kappa shape index (κ1) is 9.61. The first-order chi connectivity index (χ1) is 5.75. The lowest BCUT2D eigenvalue weighted by Gasteiger charge is -2.09. The van der Waals surface area contributed by atoms with E-state index in [1.807, 2.05) is 29.6 Å². The second-order valence-corrected chi connectivity index (χ2v) is 3.77. The molecule has 3 nitrogen and oxygen atoms in total. The molecule has 2 N–H and O–H groups in total. The molecular weight excluding hydrogens is 170 g/mol. The third kappa shape index (κ3) is 2.25. The van der Waals surface area contributed by atoms with E-state index in [0.717, 1.165) is 18.0 Å². The molecule has 0 aliphatic rings. The minimum absolute atomic E-state index is 0.0810. The molecule has 0 amide bonds. The molecule has 1 unspecified atom stereocenters. The minimum atomic E-state index is 0.0810. The van der Waals surface area contributed by atoms with E-state index in [-0.39, 0.29) is 6.04 Å². The topological polar surface area (TPSA) is 43.8 Å². The molecule has 0 saturated carbocycles. The summed E-state index contributed by atoms with van der Waals surface area (Å²) in [5, 5.41) is 0. The molecule has 0 bridgehead atoms. The number of hydrogen-bond donors (Lipinski definition) is 1. The fourth-order valence-corrected chi connectivity index (χ4v) is 1.60. The molecule has 0 aromatic carbocycles. The highest BCUT2D eigenvalue weighted by molar-refractivity contribution is 7.98. The minimum Gasteiger partial charge on any atom is -0.337 e. The Labute approximate surface area is 77.4 Å². The first-order valence-electron chi connectivity index (χ1n) is 3.97. The lowest BCUT2D eigenvalue weighted by molar-refractivity contribution is 0.622. The van der Waals surface area contributed by atoms with Gasteiger partial charge in [0.1, 0.15) is 5.82 Å². The van der Waals surface area contributed by atoms with Crippen LogP contribution in [0.25, 0.3) is 0 Å². The van der Waals surface area contributed by atoms with Crippen molar-refractivity contribution >= 4 is 11.8 Å². The number of nitrogens with two attached hydrogens (primary N) is 1. The van der Waals surface area contributed by atoms with Gasteiger partial charge in [-0.3, -0.25) is 0 Å². The van der Waals surface area contributed by atoms with E-state index in [1.165, 1.54) is 0 Å². The van der Waals surface area contributed by atoms with Crippen LogP contribution in [0, 0.1) is 0 Å². The highest BCUT2D eigenvalue weighted by Gasteiger charge is 2.09. The molecule has 12 heavy (non-hydrogen) atoms. The molecule has 68 valence electrons. The summed E-state index contributed by atoms with van der Waals surface area (Å²) >= 11 is 1.82. The molecule has 0 aliphatic carbocycles. The molecule has 4 heteroatoms. The fraction of sp³-hybridized carbons (Fsp3) is 0.625. The molecule has 0 radical (unpaired) electrons. The Hall–Kier alpha value is -0.480. The number of thioether (sulfide) groups is 1. The first-order valence-corrected chi connectivity index (χ1v) is 5.37. The second kappa shape index (κ2) is 4.52. The van der Waals surface area contributed by atoms with Crippen LogP contribution in [-0.2, 0) is 7.05 Å². The van der Waals surface area contributed by atoms with Crippen LogP contribution in [0.4, 0.5) is 0 Å². The SMILES string of the molecule is CSCCC(N)c1nccn1C. The molecule has 1 aromatic heterocycles. The number of rotatable bonds is 4. The molecule has 0 aliphatic heterocycles. The largest absolute Gasteiger partial charge is 0.337 e. The molecule has 1 rings (SSSR count). The van der Waals surface area contributed by atoms with Crippen LogP contribution >= 0.6 is 11.8 Å². The summed E-state index contributed by atoms with van der Waals surface area (Å²) in [4.78, 5) is 4.20. The van der Waals surface area contributed by atoms with E-state index >= 15 is 0 Å². The van der Waals surface area contributed by atoms with E-state index in [4.69, 9.17) is 5.73 Å². The Morgan fingerprint density at radius 3 is 3.00 bits per heavy atom. The van der Waals surface area contributed by atoms with Crippen LogP contribution in [0.5, 0.6) is 0 Å². The van der Waals surface area contributed by atoms with E-state index < -0.39 is 0 Å². The predicted octanol–water partition coefficient (Wildman–Crippen LogP) is 1.17. The summed E-state index contributed by atoms with van der Waals surface area (Å²) in [6, 6.07) is 0.0810. The van der Waals surface area contributed by atoms with Gasteiger partial charge >= 0.3 is 0 Å². The van der Waals surface area contributed by atoms with Gasteiger partial charge in [0, 0.05) is 19.4 Å². The van der Waals surface area contributed by atoms with E-state index in [0.29, 0.717) is 0 Å². The predicted molar refractivity (Wildman–Crippen MR) is 53.1 cm³/mol. The third-order valence-electron chi connectivity index (χ3n) is 1.82. The average Bonchev–Trinajstić information content (AvgIpc) is 2.47. The van der Waals surface area contributed by atoms with Crippen LogP contribution in [0.1, 0.15) is 18.3 Å². The number of hydrogen-bond acceptors (Lipinski definition) is 3. The maximum atomic E-state index is 5.93. The van der Waals surface area contributed by atoms with Crippen molar-refractivity contribution in [3.05, 3.63) is 18.2 Å². The highest BCUT2D eigenvalue weighted by Crippen LogP contribution is 2.12. The molecule has 0 saturated heterocycles. The Balaban J connectivity index is 2.52. The molecule has 1 atom stereocenters. The number of nitrogens with zero attached hydrogens (tertiary/aromatic N) is 2. The van der Waals surface area contributed by atoms with Crippen LogP contribution in [0.3, 0.4) is 0 Å². The second-order valence-electron chi connectivity index (χ2n) is 2.78. The summed E-state index contributed by atoms with van der Waals surface area (Å²) < 4.78 is 1.98. The maximum Gasteiger partial charge on any atom is 0.125 e. The summed E-state index contributed by atoms with van der Waals surface area (Å²) in [7, 11) is 1.97. The molecular formula is C8H15N3S. The van der Waals surface area contributed by atoms with Crippen molar-refractivity contribution in [2.75, 3.05) is 12.0 Å². The Bertz CT molecular complexity index is 234. The van der Waals surface area contributed by atoms with Crippen molar-refractivity contribution in [1.29, 1.82) is 0 Å².